The molecule has 10 heteroatoms. The molecular weight excluding hydrogens is 386 g/mol. The lowest BCUT2D eigenvalue weighted by molar-refractivity contribution is 0.0436. The smallest absolute Gasteiger partial charge is 0.338 e. The maximum Gasteiger partial charge on any atom is 0.338 e. The number of carbonyl (C=O) groups is 1. The van der Waals surface area contributed by atoms with Gasteiger partial charge in [-0.25, -0.2) is 13.2 Å². The van der Waals surface area contributed by atoms with Gasteiger partial charge in [0.1, 0.15) is 10.6 Å². The van der Waals surface area contributed by atoms with Crippen molar-refractivity contribution >= 4 is 16.0 Å². The van der Waals surface area contributed by atoms with E-state index in [9.17, 15) is 13.2 Å². The average Bonchev–Trinajstić information content (AvgIpc) is 3.11. The SMILES string of the molecule is COc1ccc(C(=O)OCc2nnc(C)o2)cc1S(=O)(=O)N1CCCCC1C. The zero-order valence-electron chi connectivity index (χ0n) is 16.0. The van der Waals surface area contributed by atoms with Gasteiger partial charge in [-0.15, -0.1) is 10.2 Å². The van der Waals surface area contributed by atoms with Crippen molar-refractivity contribution in [2.45, 2.75) is 50.7 Å². The van der Waals surface area contributed by atoms with Crippen LogP contribution < -0.4 is 4.74 Å². The van der Waals surface area contributed by atoms with E-state index in [1.807, 2.05) is 6.92 Å². The lowest BCUT2D eigenvalue weighted by Crippen LogP contribution is -2.42. The van der Waals surface area contributed by atoms with Gasteiger partial charge in [0.05, 0.1) is 12.7 Å². The van der Waals surface area contributed by atoms with E-state index in [1.165, 1.54) is 29.6 Å². The Morgan fingerprint density at radius 2 is 2.11 bits per heavy atom. The van der Waals surface area contributed by atoms with Crippen molar-refractivity contribution in [3.8, 4) is 5.75 Å². The number of hydrogen-bond donors (Lipinski definition) is 0. The van der Waals surface area contributed by atoms with Crippen molar-refractivity contribution in [2.24, 2.45) is 0 Å². The number of aryl methyl sites for hydroxylation is 1. The fraction of sp³-hybridized carbons (Fsp3) is 0.500. The van der Waals surface area contributed by atoms with Gasteiger partial charge in [0.25, 0.3) is 5.89 Å². The quantitative estimate of drug-likeness (QED) is 0.668. The van der Waals surface area contributed by atoms with Crippen LogP contribution in [0, 0.1) is 6.92 Å². The Morgan fingerprint density at radius 3 is 2.75 bits per heavy atom. The monoisotopic (exact) mass is 409 g/mol. The van der Waals surface area contributed by atoms with E-state index in [1.54, 1.807) is 6.92 Å². The third kappa shape index (κ3) is 4.17. The molecule has 1 atom stereocenters. The van der Waals surface area contributed by atoms with E-state index in [0.29, 0.717) is 12.4 Å². The molecule has 0 saturated carbocycles. The number of sulfonamides is 1. The first-order valence-electron chi connectivity index (χ1n) is 8.99. The van der Waals surface area contributed by atoms with Crippen LogP contribution in [0.25, 0.3) is 0 Å². The number of hydrogen-bond acceptors (Lipinski definition) is 8. The van der Waals surface area contributed by atoms with E-state index < -0.39 is 16.0 Å². The van der Waals surface area contributed by atoms with Gasteiger partial charge in [-0.05, 0) is 38.0 Å². The minimum Gasteiger partial charge on any atom is -0.495 e. The molecule has 152 valence electrons. The van der Waals surface area contributed by atoms with Crippen molar-refractivity contribution in [1.82, 2.24) is 14.5 Å². The van der Waals surface area contributed by atoms with Gasteiger partial charge in [0.15, 0.2) is 6.61 Å². The number of nitrogens with zero attached hydrogens (tertiary/aromatic N) is 3. The Kier molecular flexibility index (Phi) is 5.99. The molecule has 1 aromatic carbocycles. The van der Waals surface area contributed by atoms with Crippen LogP contribution in [0.2, 0.25) is 0 Å². The minimum atomic E-state index is -3.81. The summed E-state index contributed by atoms with van der Waals surface area (Å²) in [6.45, 7) is 3.75. The molecule has 1 aromatic heterocycles. The number of ether oxygens (including phenoxy) is 2. The molecule has 0 aliphatic carbocycles. The molecule has 9 nitrogen and oxygen atoms in total. The lowest BCUT2D eigenvalue weighted by atomic mass is 10.1. The van der Waals surface area contributed by atoms with Gasteiger partial charge in [-0.2, -0.15) is 4.31 Å². The largest absolute Gasteiger partial charge is 0.495 e. The summed E-state index contributed by atoms with van der Waals surface area (Å²) in [7, 11) is -2.42. The summed E-state index contributed by atoms with van der Waals surface area (Å²) in [6, 6.07) is 4.09. The van der Waals surface area contributed by atoms with Crippen molar-refractivity contribution in [3.05, 3.63) is 35.5 Å². The third-order valence-electron chi connectivity index (χ3n) is 4.62. The van der Waals surface area contributed by atoms with Crippen LogP contribution in [0.4, 0.5) is 0 Å². The normalized spacial score (nSPS) is 18.0. The highest BCUT2D eigenvalue weighted by Gasteiger charge is 2.33. The van der Waals surface area contributed by atoms with Crippen LogP contribution in [0.3, 0.4) is 0 Å². The van der Waals surface area contributed by atoms with E-state index in [4.69, 9.17) is 13.9 Å². The average molecular weight is 409 g/mol. The first-order valence-corrected chi connectivity index (χ1v) is 10.4. The zero-order valence-corrected chi connectivity index (χ0v) is 16.9. The molecule has 28 heavy (non-hydrogen) atoms. The first kappa shape index (κ1) is 20.3. The summed E-state index contributed by atoms with van der Waals surface area (Å²) in [5.41, 5.74) is 0.0975. The number of esters is 1. The predicted octanol–water partition coefficient (Wildman–Crippen LogP) is 2.31. The fourth-order valence-corrected chi connectivity index (χ4v) is 5.05. The molecule has 1 saturated heterocycles. The molecule has 2 heterocycles. The molecule has 0 bridgehead atoms. The summed E-state index contributed by atoms with van der Waals surface area (Å²) in [5.74, 6) is 0.0115. The summed E-state index contributed by atoms with van der Waals surface area (Å²) < 4.78 is 43.4. The molecule has 3 rings (SSSR count). The Hall–Kier alpha value is -2.46. The van der Waals surface area contributed by atoms with Gasteiger partial charge in [-0.1, -0.05) is 6.42 Å². The highest BCUT2D eigenvalue weighted by molar-refractivity contribution is 7.89. The third-order valence-corrected chi connectivity index (χ3v) is 6.66. The van der Waals surface area contributed by atoms with Gasteiger partial charge in [0.2, 0.25) is 15.9 Å². The lowest BCUT2D eigenvalue weighted by Gasteiger charge is -2.32. The molecule has 1 aliphatic heterocycles. The topological polar surface area (TPSA) is 112 Å². The molecule has 0 radical (unpaired) electrons. The summed E-state index contributed by atoms with van der Waals surface area (Å²) in [4.78, 5) is 12.3. The second-order valence-electron chi connectivity index (χ2n) is 6.62. The Labute approximate surface area is 163 Å². The van der Waals surface area contributed by atoms with Crippen LogP contribution in [-0.2, 0) is 21.4 Å². The van der Waals surface area contributed by atoms with Crippen LogP contribution >= 0.6 is 0 Å². The Morgan fingerprint density at radius 1 is 1.32 bits per heavy atom. The van der Waals surface area contributed by atoms with Gasteiger partial charge >= 0.3 is 5.97 Å². The minimum absolute atomic E-state index is 0.0492. The Balaban J connectivity index is 1.85. The van der Waals surface area contributed by atoms with Gasteiger partial charge in [-0.3, -0.25) is 0 Å². The summed E-state index contributed by atoms with van der Waals surface area (Å²) >= 11 is 0. The maximum absolute atomic E-state index is 13.2. The molecule has 0 spiro atoms. The second kappa shape index (κ2) is 8.27. The molecule has 1 unspecified atom stereocenters. The maximum atomic E-state index is 13.2. The summed E-state index contributed by atoms with van der Waals surface area (Å²) in [6.07, 6.45) is 2.59. The van der Waals surface area contributed by atoms with Gasteiger partial charge in [0, 0.05) is 19.5 Å². The van der Waals surface area contributed by atoms with Crippen LogP contribution in [0.15, 0.2) is 27.5 Å². The van der Waals surface area contributed by atoms with E-state index in [2.05, 4.69) is 10.2 Å². The number of piperidine rings is 1. The number of rotatable bonds is 6. The van der Waals surface area contributed by atoms with Crippen molar-refractivity contribution in [2.75, 3.05) is 13.7 Å². The first-order chi connectivity index (χ1) is 13.3. The molecule has 2 aromatic rings. The number of carbonyl (C=O) groups excluding carboxylic acids is 1. The Bertz CT molecular complexity index is 956. The highest BCUT2D eigenvalue weighted by Crippen LogP contribution is 2.31. The molecule has 1 aliphatic rings. The fourth-order valence-electron chi connectivity index (χ4n) is 3.17. The van der Waals surface area contributed by atoms with E-state index in [0.717, 1.165) is 19.3 Å². The number of methoxy groups -OCH3 is 1. The second-order valence-corrected chi connectivity index (χ2v) is 8.48. The highest BCUT2D eigenvalue weighted by atomic mass is 32.2. The van der Waals surface area contributed by atoms with Crippen LogP contribution in [0.5, 0.6) is 5.75 Å². The van der Waals surface area contributed by atoms with Crippen molar-refractivity contribution in [1.29, 1.82) is 0 Å². The van der Waals surface area contributed by atoms with Crippen LogP contribution in [0.1, 0.15) is 48.3 Å². The number of benzene rings is 1. The van der Waals surface area contributed by atoms with E-state index in [-0.39, 0.29) is 34.7 Å². The zero-order chi connectivity index (χ0) is 20.3. The molecule has 1 fully saturated rings. The predicted molar refractivity (Wildman–Crippen MR) is 98.4 cm³/mol. The molecule has 0 amide bonds. The standard InChI is InChI=1S/C18H23N3O6S/c1-12-6-4-5-9-21(12)28(23,24)16-10-14(7-8-15(16)25-3)18(22)26-11-17-20-19-13(2)27-17/h7-8,10,12H,4-6,9,11H2,1-3H3. The van der Waals surface area contributed by atoms with Crippen molar-refractivity contribution < 1.29 is 27.1 Å². The number of aromatic nitrogens is 2. The van der Waals surface area contributed by atoms with Crippen LogP contribution in [-0.4, -0.2) is 48.6 Å². The van der Waals surface area contributed by atoms with E-state index >= 15 is 0 Å². The van der Waals surface area contributed by atoms with Crippen molar-refractivity contribution in [3.63, 3.8) is 0 Å². The van der Waals surface area contributed by atoms with Gasteiger partial charge < -0.3 is 13.9 Å². The summed E-state index contributed by atoms with van der Waals surface area (Å²) in [5, 5.41) is 7.40. The molecular formula is C18H23N3O6S. The molecule has 0 N–H and O–H groups in total.